The number of benzene rings is 4. The molecule has 2 aromatic heterocycles. The van der Waals surface area contributed by atoms with Gasteiger partial charge in [0.25, 0.3) is 20.2 Å². The second kappa shape index (κ2) is 11.6. The van der Waals surface area contributed by atoms with Gasteiger partial charge in [-0.05, 0) is 72.5 Å². The standard InChI is InChI=1S/C32H28N4O8S2/c1-19-3-11-25-27(13-19)35(17-37)31(33-25)23-9-7-21(29(15-23)45(39,40)41)5-6-22-8-10-24(16-30(22)46(42,43)44)32-34-26-12-4-20(2)14-28(26)36(32)18-38/h3-16,37-38H,17-18H2,1-2H3,(H,39,40,41)(H,42,43,44). The van der Waals surface area contributed by atoms with E-state index in [1.54, 1.807) is 24.3 Å². The average Bonchev–Trinajstić information content (AvgIpc) is 3.56. The van der Waals surface area contributed by atoms with Gasteiger partial charge >= 0.3 is 0 Å². The zero-order valence-electron chi connectivity index (χ0n) is 24.5. The molecule has 0 atom stereocenters. The molecule has 6 aromatic rings. The molecule has 0 saturated heterocycles. The molecule has 2 heterocycles. The van der Waals surface area contributed by atoms with Crippen molar-refractivity contribution in [3.05, 3.63) is 95.1 Å². The predicted molar refractivity (Wildman–Crippen MR) is 173 cm³/mol. The van der Waals surface area contributed by atoms with Gasteiger partial charge in [0.15, 0.2) is 0 Å². The van der Waals surface area contributed by atoms with E-state index >= 15 is 0 Å². The van der Waals surface area contributed by atoms with Gasteiger partial charge in [-0.2, -0.15) is 16.8 Å². The van der Waals surface area contributed by atoms with Crippen LogP contribution in [0.3, 0.4) is 0 Å². The van der Waals surface area contributed by atoms with Crippen molar-refractivity contribution in [2.24, 2.45) is 0 Å². The molecule has 6 rings (SSSR count). The summed E-state index contributed by atoms with van der Waals surface area (Å²) in [6.45, 7) is 2.92. The van der Waals surface area contributed by atoms with E-state index in [4.69, 9.17) is 0 Å². The molecule has 4 aromatic carbocycles. The summed E-state index contributed by atoms with van der Waals surface area (Å²) in [6, 6.07) is 19.3. The molecule has 0 aliphatic rings. The Bertz CT molecular complexity index is 2260. The number of aryl methyl sites for hydroxylation is 2. The second-order valence-electron chi connectivity index (χ2n) is 10.8. The van der Waals surface area contributed by atoms with E-state index < -0.39 is 43.5 Å². The quantitative estimate of drug-likeness (QED) is 0.129. The minimum absolute atomic E-state index is 0.0246. The third-order valence-electron chi connectivity index (χ3n) is 7.63. The first-order chi connectivity index (χ1) is 21.8. The van der Waals surface area contributed by atoms with E-state index in [1.165, 1.54) is 45.6 Å². The lowest BCUT2D eigenvalue weighted by Gasteiger charge is -2.10. The maximum atomic E-state index is 12.5. The predicted octanol–water partition coefficient (Wildman–Crippen LogP) is 4.90. The number of hydrogen-bond donors (Lipinski definition) is 4. The molecule has 0 radical (unpaired) electrons. The SMILES string of the molecule is Cc1ccc2nc(-c3ccc(C=Cc4ccc(-c5nc6ccc(C)cc6n5CO)cc4S(=O)(=O)O)c(S(=O)(=O)O)c3)n(CO)c2c1. The summed E-state index contributed by atoms with van der Waals surface area (Å²) in [4.78, 5) is 8.11. The van der Waals surface area contributed by atoms with Crippen molar-refractivity contribution >= 4 is 54.5 Å². The number of hydrogen-bond acceptors (Lipinski definition) is 8. The Hall–Kier alpha value is -4.70. The lowest BCUT2D eigenvalue weighted by atomic mass is 10.1. The van der Waals surface area contributed by atoms with Crippen LogP contribution in [0.1, 0.15) is 22.3 Å². The molecule has 12 nitrogen and oxygen atoms in total. The summed E-state index contributed by atoms with van der Waals surface area (Å²) in [5.74, 6) is 0.550. The highest BCUT2D eigenvalue weighted by Gasteiger charge is 2.21. The second-order valence-corrected chi connectivity index (χ2v) is 13.6. The van der Waals surface area contributed by atoms with E-state index in [9.17, 15) is 36.2 Å². The molecule has 0 unspecified atom stereocenters. The van der Waals surface area contributed by atoms with Crippen molar-refractivity contribution in [2.45, 2.75) is 37.1 Å². The average molecular weight is 661 g/mol. The number of aliphatic hydroxyl groups is 2. The van der Waals surface area contributed by atoms with Crippen LogP contribution in [-0.2, 0) is 33.7 Å². The van der Waals surface area contributed by atoms with Gasteiger partial charge < -0.3 is 10.2 Å². The zero-order valence-corrected chi connectivity index (χ0v) is 26.2. The molecular weight excluding hydrogens is 633 g/mol. The van der Waals surface area contributed by atoms with Crippen LogP contribution in [0.25, 0.3) is 57.0 Å². The van der Waals surface area contributed by atoms with Crippen LogP contribution in [0.5, 0.6) is 0 Å². The van der Waals surface area contributed by atoms with Crippen LogP contribution in [-0.4, -0.2) is 55.3 Å². The van der Waals surface area contributed by atoms with Crippen molar-refractivity contribution in [2.75, 3.05) is 0 Å². The largest absolute Gasteiger partial charge is 0.376 e. The molecule has 14 heteroatoms. The molecule has 236 valence electrons. The zero-order chi connectivity index (χ0) is 33.0. The molecule has 0 saturated carbocycles. The molecule has 0 aliphatic carbocycles. The summed E-state index contributed by atoms with van der Waals surface area (Å²) in [5, 5.41) is 20.1. The smallest absolute Gasteiger partial charge is 0.295 e. The Morgan fingerprint density at radius 2 is 1.00 bits per heavy atom. The third kappa shape index (κ3) is 5.73. The monoisotopic (exact) mass is 660 g/mol. The van der Waals surface area contributed by atoms with Crippen LogP contribution in [0.4, 0.5) is 0 Å². The van der Waals surface area contributed by atoms with Gasteiger partial charge in [-0.25, -0.2) is 9.97 Å². The van der Waals surface area contributed by atoms with Crippen LogP contribution in [0, 0.1) is 13.8 Å². The summed E-state index contributed by atoms with van der Waals surface area (Å²) < 4.78 is 73.2. The van der Waals surface area contributed by atoms with E-state index in [-0.39, 0.29) is 22.8 Å². The number of aliphatic hydroxyl groups excluding tert-OH is 2. The van der Waals surface area contributed by atoms with Crippen molar-refractivity contribution < 1.29 is 36.2 Å². The molecule has 4 N–H and O–H groups in total. The van der Waals surface area contributed by atoms with Crippen LogP contribution in [0.15, 0.2) is 82.6 Å². The van der Waals surface area contributed by atoms with Crippen molar-refractivity contribution in [3.63, 3.8) is 0 Å². The van der Waals surface area contributed by atoms with Crippen molar-refractivity contribution in [1.29, 1.82) is 0 Å². The van der Waals surface area contributed by atoms with E-state index in [0.29, 0.717) is 33.2 Å². The van der Waals surface area contributed by atoms with Crippen LogP contribution >= 0.6 is 0 Å². The Morgan fingerprint density at radius 1 is 0.609 bits per heavy atom. The number of aromatic nitrogens is 4. The number of nitrogens with zero attached hydrogens (tertiary/aromatic N) is 4. The Balaban J connectivity index is 1.44. The molecule has 0 amide bonds. The first kappa shape index (κ1) is 31.3. The Labute approximate surface area is 264 Å². The third-order valence-corrected chi connectivity index (χ3v) is 9.45. The fourth-order valence-electron chi connectivity index (χ4n) is 5.44. The van der Waals surface area contributed by atoms with Crippen molar-refractivity contribution in [3.8, 4) is 22.8 Å². The fourth-order valence-corrected chi connectivity index (χ4v) is 6.86. The first-order valence-corrected chi connectivity index (χ1v) is 16.7. The van der Waals surface area contributed by atoms with Gasteiger partial charge in [-0.15, -0.1) is 0 Å². The highest BCUT2D eigenvalue weighted by molar-refractivity contribution is 7.86. The Morgan fingerprint density at radius 3 is 1.35 bits per heavy atom. The van der Waals surface area contributed by atoms with Gasteiger partial charge in [0.2, 0.25) is 0 Å². The molecule has 0 bridgehead atoms. The van der Waals surface area contributed by atoms with E-state index in [1.807, 2.05) is 38.1 Å². The number of rotatable bonds is 8. The lowest BCUT2D eigenvalue weighted by Crippen LogP contribution is -2.04. The molecule has 0 aliphatic heterocycles. The molecule has 46 heavy (non-hydrogen) atoms. The summed E-state index contributed by atoms with van der Waals surface area (Å²) in [5.41, 5.74) is 4.97. The highest BCUT2D eigenvalue weighted by atomic mass is 32.2. The number of imidazole rings is 2. The van der Waals surface area contributed by atoms with E-state index in [2.05, 4.69) is 9.97 Å². The van der Waals surface area contributed by atoms with Crippen LogP contribution < -0.4 is 0 Å². The number of fused-ring (bicyclic) bond motifs is 2. The Kier molecular flexibility index (Phi) is 7.88. The van der Waals surface area contributed by atoms with Gasteiger partial charge in [0.1, 0.15) is 34.9 Å². The summed E-state index contributed by atoms with van der Waals surface area (Å²) in [7, 11) is -9.57. The van der Waals surface area contributed by atoms with Gasteiger partial charge in [-0.3, -0.25) is 18.2 Å². The van der Waals surface area contributed by atoms with Gasteiger partial charge in [0, 0.05) is 11.1 Å². The first-order valence-electron chi connectivity index (χ1n) is 13.9. The van der Waals surface area contributed by atoms with Gasteiger partial charge in [-0.1, -0.05) is 48.6 Å². The normalized spacial score (nSPS) is 12.6. The molecular formula is C32H28N4O8S2. The minimum atomic E-state index is -4.78. The van der Waals surface area contributed by atoms with Crippen molar-refractivity contribution in [1.82, 2.24) is 19.1 Å². The minimum Gasteiger partial charge on any atom is -0.376 e. The highest BCUT2D eigenvalue weighted by Crippen LogP contribution is 2.32. The topological polar surface area (TPSA) is 185 Å². The van der Waals surface area contributed by atoms with Gasteiger partial charge in [0.05, 0.1) is 22.1 Å². The molecule has 0 spiro atoms. The molecule has 0 fully saturated rings. The maximum absolute atomic E-state index is 12.5. The van der Waals surface area contributed by atoms with E-state index in [0.717, 1.165) is 11.1 Å². The maximum Gasteiger partial charge on any atom is 0.295 e. The summed E-state index contributed by atoms with van der Waals surface area (Å²) >= 11 is 0. The lowest BCUT2D eigenvalue weighted by molar-refractivity contribution is 0.216. The fraction of sp³-hybridized carbons (Fsp3) is 0.125. The van der Waals surface area contributed by atoms with Crippen LogP contribution in [0.2, 0.25) is 0 Å². The summed E-state index contributed by atoms with van der Waals surface area (Å²) in [6.07, 6.45) is 2.58.